The molecule has 138 valence electrons. The van der Waals surface area contributed by atoms with Crippen molar-refractivity contribution in [1.82, 2.24) is 14.2 Å². The van der Waals surface area contributed by atoms with Crippen LogP contribution in [0.3, 0.4) is 0 Å². The molecule has 2 aliphatic rings. The number of benzene rings is 1. The predicted octanol–water partition coefficient (Wildman–Crippen LogP) is 1.67. The van der Waals surface area contributed by atoms with Crippen molar-refractivity contribution in [3.8, 4) is 0 Å². The molecule has 0 bridgehead atoms. The first-order valence-electron chi connectivity index (χ1n) is 8.65. The maximum atomic E-state index is 12.9. The van der Waals surface area contributed by atoms with Gasteiger partial charge in [-0.25, -0.2) is 13.4 Å². The fraction of sp³-hybridized carbons (Fsp3) is 0.444. The van der Waals surface area contributed by atoms with Crippen LogP contribution < -0.4 is 0 Å². The lowest BCUT2D eigenvalue weighted by molar-refractivity contribution is -0.129. The first kappa shape index (κ1) is 17.6. The monoisotopic (exact) mass is 391 g/mol. The second-order valence-corrected chi connectivity index (χ2v) is 10.2. The molecule has 0 unspecified atom stereocenters. The number of nitrogens with zero attached hydrogens (tertiary/aromatic N) is 3. The largest absolute Gasteiger partial charge is 0.341 e. The maximum absolute atomic E-state index is 12.9. The summed E-state index contributed by atoms with van der Waals surface area (Å²) >= 11 is 1.53. The third-order valence-corrected chi connectivity index (χ3v) is 8.24. The summed E-state index contributed by atoms with van der Waals surface area (Å²) in [6.45, 7) is 3.53. The van der Waals surface area contributed by atoms with E-state index in [0.717, 1.165) is 16.3 Å². The number of amides is 1. The Bertz CT molecular complexity index is 911. The smallest absolute Gasteiger partial charge is 0.227 e. The predicted molar refractivity (Wildman–Crippen MR) is 100 cm³/mol. The Morgan fingerprint density at radius 3 is 2.65 bits per heavy atom. The highest BCUT2D eigenvalue weighted by Crippen LogP contribution is 2.35. The Morgan fingerprint density at radius 1 is 1.23 bits per heavy atom. The highest BCUT2D eigenvalue weighted by Gasteiger charge is 2.51. The van der Waals surface area contributed by atoms with Gasteiger partial charge in [-0.05, 0) is 12.5 Å². The highest BCUT2D eigenvalue weighted by molar-refractivity contribution is 7.90. The Kier molecular flexibility index (Phi) is 4.58. The number of hydrogen-bond acceptors (Lipinski definition) is 5. The second kappa shape index (κ2) is 6.75. The first-order valence-corrected chi connectivity index (χ1v) is 11.0. The van der Waals surface area contributed by atoms with Crippen LogP contribution in [0, 0.1) is 12.8 Å². The van der Waals surface area contributed by atoms with Crippen molar-refractivity contribution in [2.75, 3.05) is 19.6 Å². The minimum absolute atomic E-state index is 0.00229. The zero-order valence-corrected chi connectivity index (χ0v) is 16.2. The summed E-state index contributed by atoms with van der Waals surface area (Å²) in [5, 5.41) is 2.37. The Balaban J connectivity index is 1.42. The van der Waals surface area contributed by atoms with Gasteiger partial charge in [0.05, 0.1) is 28.9 Å². The van der Waals surface area contributed by atoms with Gasteiger partial charge in [-0.3, -0.25) is 4.79 Å². The number of aromatic nitrogens is 1. The van der Waals surface area contributed by atoms with Crippen molar-refractivity contribution in [3.05, 3.63) is 52.0 Å². The maximum Gasteiger partial charge on any atom is 0.227 e. The molecule has 26 heavy (non-hydrogen) atoms. The number of fused-ring (bicyclic) bond motifs is 1. The molecule has 1 aromatic heterocycles. The summed E-state index contributed by atoms with van der Waals surface area (Å²) < 4.78 is 27.3. The lowest BCUT2D eigenvalue weighted by Gasteiger charge is -2.21. The summed E-state index contributed by atoms with van der Waals surface area (Å²) in [7, 11) is -3.39. The second-order valence-electron chi connectivity index (χ2n) is 6.95. The van der Waals surface area contributed by atoms with Gasteiger partial charge in [-0.15, -0.1) is 11.3 Å². The minimum Gasteiger partial charge on any atom is -0.341 e. The number of sulfonamides is 1. The molecule has 8 heteroatoms. The number of hydrogen-bond donors (Lipinski definition) is 0. The van der Waals surface area contributed by atoms with Crippen molar-refractivity contribution < 1.29 is 13.2 Å². The molecule has 6 nitrogen and oxygen atoms in total. The first-order chi connectivity index (χ1) is 12.4. The van der Waals surface area contributed by atoms with Crippen LogP contribution in [0.2, 0.25) is 0 Å². The third-order valence-electron chi connectivity index (χ3n) is 5.12. The molecule has 2 saturated heterocycles. The van der Waals surface area contributed by atoms with Crippen LogP contribution in [-0.4, -0.2) is 53.4 Å². The molecule has 4 rings (SSSR count). The summed E-state index contributed by atoms with van der Waals surface area (Å²) in [5.74, 6) is -0.0121. The third kappa shape index (κ3) is 3.28. The standard InChI is InChI=1S/C18H21N3O3S2/c1-13-19-16(12-25-13)10-21-9-15-8-20(11-17(15)26(21,23)24)18(22)7-14-5-3-2-4-6-14/h2-6,12,15,17H,7-11H2,1H3/t15-,17+/m1/s1. The number of rotatable bonds is 4. The van der Waals surface area contributed by atoms with Gasteiger partial charge in [0.1, 0.15) is 0 Å². The quantitative estimate of drug-likeness (QED) is 0.795. The zero-order chi connectivity index (χ0) is 18.3. The van der Waals surface area contributed by atoms with Crippen molar-refractivity contribution >= 4 is 27.3 Å². The molecule has 0 saturated carbocycles. The van der Waals surface area contributed by atoms with Crippen molar-refractivity contribution in [1.29, 1.82) is 0 Å². The van der Waals surface area contributed by atoms with E-state index in [9.17, 15) is 13.2 Å². The normalized spacial score (nSPS) is 24.7. The lowest BCUT2D eigenvalue weighted by atomic mass is 10.1. The summed E-state index contributed by atoms with van der Waals surface area (Å²) in [6, 6.07) is 9.57. The SMILES string of the molecule is Cc1nc(CN2C[C@H]3CN(C(=O)Cc4ccccc4)C[C@@H]3S2(=O)=O)cs1. The average Bonchev–Trinajstić information content (AvgIpc) is 3.26. The molecule has 1 amide bonds. The van der Waals surface area contributed by atoms with E-state index in [4.69, 9.17) is 0 Å². The van der Waals surface area contributed by atoms with E-state index in [1.807, 2.05) is 42.6 Å². The Hall–Kier alpha value is -1.77. The molecule has 0 N–H and O–H groups in total. The van der Waals surface area contributed by atoms with Gasteiger partial charge < -0.3 is 4.90 Å². The van der Waals surface area contributed by atoms with Crippen LogP contribution in [0.25, 0.3) is 0 Å². The van der Waals surface area contributed by atoms with Gasteiger partial charge in [0.2, 0.25) is 15.9 Å². The van der Waals surface area contributed by atoms with Gasteiger partial charge in [0.15, 0.2) is 0 Å². The van der Waals surface area contributed by atoms with Crippen molar-refractivity contribution in [2.24, 2.45) is 5.92 Å². The van der Waals surface area contributed by atoms with E-state index in [1.165, 1.54) is 15.6 Å². The number of carbonyl (C=O) groups excluding carboxylic acids is 1. The molecule has 1 aromatic carbocycles. The van der Waals surface area contributed by atoms with Crippen LogP contribution in [0.15, 0.2) is 35.7 Å². The average molecular weight is 392 g/mol. The lowest BCUT2D eigenvalue weighted by Crippen LogP contribution is -2.37. The number of carbonyl (C=O) groups is 1. The summed E-state index contributed by atoms with van der Waals surface area (Å²) in [6.07, 6.45) is 0.322. The van der Waals surface area contributed by atoms with Crippen LogP contribution >= 0.6 is 11.3 Å². The summed E-state index contributed by atoms with van der Waals surface area (Å²) in [5.41, 5.74) is 1.76. The van der Waals surface area contributed by atoms with E-state index >= 15 is 0 Å². The van der Waals surface area contributed by atoms with E-state index in [1.54, 1.807) is 4.90 Å². The van der Waals surface area contributed by atoms with Crippen LogP contribution in [-0.2, 0) is 27.8 Å². The van der Waals surface area contributed by atoms with Gasteiger partial charge in [-0.1, -0.05) is 30.3 Å². The van der Waals surface area contributed by atoms with E-state index in [0.29, 0.717) is 32.6 Å². The van der Waals surface area contributed by atoms with Crippen molar-refractivity contribution in [2.45, 2.75) is 25.1 Å². The van der Waals surface area contributed by atoms with E-state index in [-0.39, 0.29) is 11.8 Å². The molecular weight excluding hydrogens is 370 g/mol. The number of aryl methyl sites for hydroxylation is 1. The van der Waals surface area contributed by atoms with Gasteiger partial charge in [0, 0.05) is 30.9 Å². The highest BCUT2D eigenvalue weighted by atomic mass is 32.2. The fourth-order valence-corrected chi connectivity index (χ4v) is 6.54. The van der Waals surface area contributed by atoms with E-state index < -0.39 is 15.3 Å². The molecule has 2 atom stereocenters. The molecule has 0 aliphatic carbocycles. The fourth-order valence-electron chi connectivity index (χ4n) is 3.81. The Morgan fingerprint density at radius 2 is 2.00 bits per heavy atom. The van der Waals surface area contributed by atoms with Gasteiger partial charge in [0.25, 0.3) is 0 Å². The van der Waals surface area contributed by atoms with Gasteiger partial charge >= 0.3 is 0 Å². The number of likely N-dealkylation sites (tertiary alicyclic amines) is 1. The van der Waals surface area contributed by atoms with E-state index in [2.05, 4.69) is 4.98 Å². The molecule has 2 aliphatic heterocycles. The molecule has 2 aromatic rings. The molecule has 3 heterocycles. The molecule has 2 fully saturated rings. The minimum atomic E-state index is -3.39. The topological polar surface area (TPSA) is 70.6 Å². The Labute approximate surface area is 157 Å². The number of thiazole rings is 1. The van der Waals surface area contributed by atoms with Gasteiger partial charge in [-0.2, -0.15) is 4.31 Å². The molecular formula is C18H21N3O3S2. The molecule has 0 radical (unpaired) electrons. The van der Waals surface area contributed by atoms with Crippen LogP contribution in [0.5, 0.6) is 0 Å². The molecule has 0 spiro atoms. The summed E-state index contributed by atoms with van der Waals surface area (Å²) in [4.78, 5) is 18.6. The zero-order valence-electron chi connectivity index (χ0n) is 14.5. The van der Waals surface area contributed by atoms with Crippen LogP contribution in [0.4, 0.5) is 0 Å². The van der Waals surface area contributed by atoms with Crippen LogP contribution in [0.1, 0.15) is 16.3 Å². The van der Waals surface area contributed by atoms with Crippen molar-refractivity contribution in [3.63, 3.8) is 0 Å².